The van der Waals surface area contributed by atoms with Crippen molar-refractivity contribution in [2.45, 2.75) is 71.1 Å². The van der Waals surface area contributed by atoms with E-state index in [2.05, 4.69) is 12.1 Å². The highest BCUT2D eigenvalue weighted by atomic mass is 16.4. The molecule has 0 aliphatic carbocycles. The molecule has 0 saturated carbocycles. The summed E-state index contributed by atoms with van der Waals surface area (Å²) in [5.74, 6) is 0.183. The molecule has 2 rings (SSSR count). The number of hydrogen-bond acceptors (Lipinski definition) is 3. The molecule has 136 valence electrons. The van der Waals surface area contributed by atoms with Crippen LogP contribution in [0.3, 0.4) is 0 Å². The largest absolute Gasteiger partial charge is 0.507 e. The van der Waals surface area contributed by atoms with E-state index in [1.807, 2.05) is 30.3 Å². The molecule has 2 N–H and O–H groups in total. The van der Waals surface area contributed by atoms with Crippen molar-refractivity contribution in [1.29, 1.82) is 0 Å². The summed E-state index contributed by atoms with van der Waals surface area (Å²) in [7, 11) is 0. The van der Waals surface area contributed by atoms with E-state index in [1.54, 1.807) is 6.07 Å². The number of nitrogens with zero attached hydrogens (tertiary/aromatic N) is 1. The van der Waals surface area contributed by atoms with E-state index in [-0.39, 0.29) is 5.75 Å². The highest BCUT2D eigenvalue weighted by Crippen LogP contribution is 2.29. The van der Waals surface area contributed by atoms with Crippen LogP contribution in [0, 0.1) is 0 Å². The van der Waals surface area contributed by atoms with E-state index in [0.717, 1.165) is 23.6 Å². The van der Waals surface area contributed by atoms with E-state index in [1.165, 1.54) is 44.9 Å². The fourth-order valence-electron chi connectivity index (χ4n) is 3.39. The van der Waals surface area contributed by atoms with Crippen LogP contribution in [0.4, 0.5) is 0 Å². The average Bonchev–Trinajstić information content (AvgIpc) is 2.64. The minimum Gasteiger partial charge on any atom is -0.507 e. The summed E-state index contributed by atoms with van der Waals surface area (Å²) in [5.41, 5.74) is 1.25. The van der Waals surface area contributed by atoms with E-state index >= 15 is 0 Å². The minimum absolute atomic E-state index is 0.183. The van der Waals surface area contributed by atoms with Gasteiger partial charge in [0.25, 0.3) is 0 Å². The molecule has 2 aromatic carbocycles. The first-order valence-corrected chi connectivity index (χ1v) is 9.70. The summed E-state index contributed by atoms with van der Waals surface area (Å²) in [6.07, 6.45) is 12.0. The first-order valence-electron chi connectivity index (χ1n) is 9.70. The summed E-state index contributed by atoms with van der Waals surface area (Å²) in [6, 6.07) is 11.5. The molecule has 0 spiro atoms. The van der Waals surface area contributed by atoms with Gasteiger partial charge in [0.2, 0.25) is 0 Å². The van der Waals surface area contributed by atoms with Gasteiger partial charge in [0, 0.05) is 5.56 Å². The second-order valence-corrected chi connectivity index (χ2v) is 6.81. The number of fused-ring (bicyclic) bond motifs is 1. The summed E-state index contributed by atoms with van der Waals surface area (Å²) >= 11 is 0. The molecular formula is C22H31NO2. The maximum atomic E-state index is 10.3. The van der Waals surface area contributed by atoms with Crippen LogP contribution < -0.4 is 0 Å². The van der Waals surface area contributed by atoms with Crippen LogP contribution in [0.15, 0.2) is 41.6 Å². The van der Waals surface area contributed by atoms with Crippen molar-refractivity contribution < 1.29 is 10.3 Å². The molecule has 0 aromatic heterocycles. The lowest BCUT2D eigenvalue weighted by atomic mass is 9.96. The molecule has 0 bridgehead atoms. The van der Waals surface area contributed by atoms with E-state index in [9.17, 15) is 10.3 Å². The van der Waals surface area contributed by atoms with Crippen LogP contribution in [0.1, 0.15) is 76.7 Å². The molecule has 3 heteroatoms. The fourth-order valence-corrected chi connectivity index (χ4v) is 3.39. The van der Waals surface area contributed by atoms with E-state index in [0.29, 0.717) is 17.7 Å². The maximum absolute atomic E-state index is 10.3. The SMILES string of the molecule is CCCCCCCCCCC/C(=N\O)c1c(O)ccc2ccccc12. The number of hydrogen-bond donors (Lipinski definition) is 2. The first-order chi connectivity index (χ1) is 12.3. The van der Waals surface area contributed by atoms with Crippen LogP contribution >= 0.6 is 0 Å². The highest BCUT2D eigenvalue weighted by molar-refractivity contribution is 6.12. The lowest BCUT2D eigenvalue weighted by Gasteiger charge is -2.11. The van der Waals surface area contributed by atoms with Gasteiger partial charge in [0.15, 0.2) is 0 Å². The van der Waals surface area contributed by atoms with Gasteiger partial charge in [-0.3, -0.25) is 0 Å². The van der Waals surface area contributed by atoms with Gasteiger partial charge in [0.1, 0.15) is 5.75 Å². The Balaban J connectivity index is 1.85. The number of rotatable bonds is 11. The smallest absolute Gasteiger partial charge is 0.125 e. The van der Waals surface area contributed by atoms with E-state index in [4.69, 9.17) is 0 Å². The Hall–Kier alpha value is -2.03. The Morgan fingerprint density at radius 1 is 0.840 bits per heavy atom. The molecule has 0 atom stereocenters. The summed E-state index contributed by atoms with van der Waals surface area (Å²) in [5, 5.41) is 25.2. The average molecular weight is 341 g/mol. The molecule has 25 heavy (non-hydrogen) atoms. The molecule has 3 nitrogen and oxygen atoms in total. The highest BCUT2D eigenvalue weighted by Gasteiger charge is 2.13. The molecule has 0 saturated heterocycles. The standard InChI is InChI=1S/C22H31NO2/c1-2-3-4-5-6-7-8-9-10-15-20(23-25)22-19-14-12-11-13-18(19)16-17-21(22)24/h11-14,16-17,24-25H,2-10,15H2,1H3/b23-20+. The van der Waals surface area contributed by atoms with Crippen LogP contribution in [-0.2, 0) is 0 Å². The van der Waals surface area contributed by atoms with Crippen molar-refractivity contribution in [1.82, 2.24) is 0 Å². The monoisotopic (exact) mass is 341 g/mol. The summed E-state index contributed by atoms with van der Waals surface area (Å²) in [4.78, 5) is 0. The third-order valence-corrected chi connectivity index (χ3v) is 4.83. The first kappa shape index (κ1) is 19.3. The zero-order chi connectivity index (χ0) is 17.9. The molecular weight excluding hydrogens is 310 g/mol. The quantitative estimate of drug-likeness (QED) is 0.208. The topological polar surface area (TPSA) is 52.8 Å². The van der Waals surface area contributed by atoms with Crippen molar-refractivity contribution in [2.75, 3.05) is 0 Å². The van der Waals surface area contributed by atoms with Gasteiger partial charge in [-0.15, -0.1) is 0 Å². The second kappa shape index (κ2) is 10.8. The second-order valence-electron chi connectivity index (χ2n) is 6.81. The van der Waals surface area contributed by atoms with Crippen molar-refractivity contribution in [3.8, 4) is 5.75 Å². The molecule has 0 amide bonds. The summed E-state index contributed by atoms with van der Waals surface area (Å²) in [6.45, 7) is 2.24. The summed E-state index contributed by atoms with van der Waals surface area (Å²) < 4.78 is 0. The Bertz CT molecular complexity index is 679. The third-order valence-electron chi connectivity index (χ3n) is 4.83. The van der Waals surface area contributed by atoms with Gasteiger partial charge in [-0.25, -0.2) is 0 Å². The number of benzene rings is 2. The number of aromatic hydroxyl groups is 1. The van der Waals surface area contributed by atoms with E-state index < -0.39 is 0 Å². The number of phenols is 1. The number of phenolic OH excluding ortho intramolecular Hbond substituents is 1. The van der Waals surface area contributed by atoms with Crippen molar-refractivity contribution in [2.24, 2.45) is 5.16 Å². The van der Waals surface area contributed by atoms with Crippen LogP contribution in [-0.4, -0.2) is 16.0 Å². The van der Waals surface area contributed by atoms with Crippen molar-refractivity contribution in [3.63, 3.8) is 0 Å². The molecule has 0 aliphatic rings. The van der Waals surface area contributed by atoms with Gasteiger partial charge in [-0.1, -0.05) is 93.8 Å². The van der Waals surface area contributed by atoms with Gasteiger partial charge >= 0.3 is 0 Å². The Kier molecular flexibility index (Phi) is 8.30. The normalized spacial score (nSPS) is 12.0. The minimum atomic E-state index is 0.183. The molecule has 0 radical (unpaired) electrons. The molecule has 2 aromatic rings. The van der Waals surface area contributed by atoms with Gasteiger partial charge in [0.05, 0.1) is 5.71 Å². The van der Waals surface area contributed by atoms with Crippen molar-refractivity contribution in [3.05, 3.63) is 42.0 Å². The van der Waals surface area contributed by atoms with Gasteiger partial charge in [-0.2, -0.15) is 0 Å². The van der Waals surface area contributed by atoms with Gasteiger partial charge < -0.3 is 10.3 Å². The van der Waals surface area contributed by atoms with Crippen molar-refractivity contribution >= 4 is 16.5 Å². The lowest BCUT2D eigenvalue weighted by molar-refractivity contribution is 0.317. The maximum Gasteiger partial charge on any atom is 0.125 e. The Labute approximate surface area is 151 Å². The Morgan fingerprint density at radius 2 is 1.48 bits per heavy atom. The third kappa shape index (κ3) is 5.77. The lowest BCUT2D eigenvalue weighted by Crippen LogP contribution is -2.03. The van der Waals surface area contributed by atoms with Crippen LogP contribution in [0.5, 0.6) is 5.75 Å². The number of unbranched alkanes of at least 4 members (excludes halogenated alkanes) is 8. The molecule has 0 heterocycles. The molecule has 0 aliphatic heterocycles. The fraction of sp³-hybridized carbons (Fsp3) is 0.500. The molecule has 0 unspecified atom stereocenters. The predicted molar refractivity (Wildman–Crippen MR) is 106 cm³/mol. The van der Waals surface area contributed by atoms with Crippen LogP contribution in [0.2, 0.25) is 0 Å². The molecule has 0 fully saturated rings. The number of oxime groups is 1. The predicted octanol–water partition coefficient (Wildman–Crippen LogP) is 6.64. The van der Waals surface area contributed by atoms with Crippen LogP contribution in [0.25, 0.3) is 10.8 Å². The Morgan fingerprint density at radius 3 is 2.16 bits per heavy atom. The van der Waals surface area contributed by atoms with Gasteiger partial charge in [-0.05, 0) is 29.7 Å². The zero-order valence-electron chi connectivity index (χ0n) is 15.4. The zero-order valence-corrected chi connectivity index (χ0v) is 15.4.